The zero-order chi connectivity index (χ0) is 57.8. The van der Waals surface area contributed by atoms with Gasteiger partial charge in [0.05, 0.1) is 63.7 Å². The molecular formula is C62H56N4O16. The van der Waals surface area contributed by atoms with Gasteiger partial charge in [-0.1, -0.05) is 90.7 Å². The van der Waals surface area contributed by atoms with Crippen LogP contribution in [0.25, 0.3) is 0 Å². The molecular weight excluding hydrogens is 1060 g/mol. The van der Waals surface area contributed by atoms with Gasteiger partial charge in [0.2, 0.25) is 11.8 Å². The molecule has 2 fully saturated rings. The lowest BCUT2D eigenvalue weighted by atomic mass is 9.64. The number of nitro groups is 1. The topological polar surface area (TPSA) is 240 Å². The summed E-state index contributed by atoms with van der Waals surface area (Å²) < 4.78 is 40.1. The van der Waals surface area contributed by atoms with E-state index in [0.717, 1.165) is 24.7 Å². The average molecular weight is 1110 g/mol. The molecule has 420 valence electrons. The predicted molar refractivity (Wildman–Crippen MR) is 292 cm³/mol. The zero-order valence-corrected chi connectivity index (χ0v) is 45.1. The van der Waals surface area contributed by atoms with E-state index in [9.17, 15) is 24.8 Å². The highest BCUT2D eigenvalue weighted by atomic mass is 16.6. The number of hydrogen-bond acceptors (Lipinski definition) is 17. The number of rotatable bonds is 15. The van der Waals surface area contributed by atoms with Crippen molar-refractivity contribution in [1.82, 2.24) is 9.80 Å². The number of nitro benzene ring substituents is 1. The van der Waals surface area contributed by atoms with Gasteiger partial charge in [0, 0.05) is 42.8 Å². The van der Waals surface area contributed by atoms with E-state index >= 15 is 19.2 Å². The minimum atomic E-state index is -2.32. The van der Waals surface area contributed by atoms with Gasteiger partial charge in [-0.2, -0.15) is 0 Å². The smallest absolute Gasteiger partial charge is 0.421 e. The number of fused-ring (bicyclic) bond motifs is 4. The SMILES string of the molecule is COC(=O)C(CC#Cc1ccc2c(c1)[C@]1(C(=O)N2C(=O)OCc2ccc([N+](=O)[O-])cc2)[C@H](c2ccccc2OCCO)N2[C@H](c3ccccc3)[C@H](c3ccccc3)OC(=O)[C@H]2[C@@H]1C(=O)N1CCc2cc(OC)c(OC)cc2C1)C(=O)OC. The number of para-hydroxylation sites is 1. The first-order valence-electron chi connectivity index (χ1n) is 26.3. The molecule has 6 aromatic rings. The number of hydrogen-bond donors (Lipinski definition) is 1. The fraction of sp³-hybridized carbons (Fsp3) is 0.290. The molecule has 0 radical (unpaired) electrons. The van der Waals surface area contributed by atoms with Crippen molar-refractivity contribution in [2.75, 3.05) is 53.1 Å². The number of ether oxygens (including phenoxy) is 7. The number of carbonyl (C=O) groups is 6. The molecule has 0 saturated carbocycles. The van der Waals surface area contributed by atoms with Gasteiger partial charge in [-0.25, -0.2) is 9.69 Å². The van der Waals surface area contributed by atoms with Gasteiger partial charge in [-0.3, -0.25) is 39.0 Å². The van der Waals surface area contributed by atoms with E-state index in [2.05, 4.69) is 11.8 Å². The molecule has 0 unspecified atom stereocenters. The summed E-state index contributed by atoms with van der Waals surface area (Å²) in [5.74, 6) is -0.400. The molecule has 82 heavy (non-hydrogen) atoms. The minimum Gasteiger partial charge on any atom is -0.493 e. The van der Waals surface area contributed by atoms with Gasteiger partial charge in [-0.15, -0.1) is 0 Å². The summed E-state index contributed by atoms with van der Waals surface area (Å²) in [5, 5.41) is 21.8. The molecule has 0 aliphatic carbocycles. The molecule has 10 rings (SSSR count). The number of esters is 3. The van der Waals surface area contributed by atoms with Gasteiger partial charge in [-0.05, 0) is 88.3 Å². The maximum atomic E-state index is 17.0. The van der Waals surface area contributed by atoms with Crippen LogP contribution in [0.3, 0.4) is 0 Å². The Kier molecular flexibility index (Phi) is 16.1. The van der Waals surface area contributed by atoms with Crippen molar-refractivity contribution in [3.63, 3.8) is 0 Å². The average Bonchev–Trinajstić information content (AvgIpc) is 1.76. The number of methoxy groups -OCH3 is 4. The second-order valence-corrected chi connectivity index (χ2v) is 19.8. The molecule has 4 aliphatic rings. The Morgan fingerprint density at radius 2 is 1.43 bits per heavy atom. The third-order valence-corrected chi connectivity index (χ3v) is 15.5. The van der Waals surface area contributed by atoms with Crippen LogP contribution in [0.4, 0.5) is 16.2 Å². The van der Waals surface area contributed by atoms with Crippen LogP contribution in [0.2, 0.25) is 0 Å². The Morgan fingerprint density at radius 1 is 0.780 bits per heavy atom. The number of anilines is 1. The fourth-order valence-electron chi connectivity index (χ4n) is 11.9. The Morgan fingerprint density at radius 3 is 2.07 bits per heavy atom. The molecule has 20 heteroatoms. The fourth-order valence-corrected chi connectivity index (χ4v) is 11.9. The highest BCUT2D eigenvalue weighted by Gasteiger charge is 2.76. The molecule has 6 atom stereocenters. The first kappa shape index (κ1) is 55.7. The number of amides is 3. The number of aliphatic hydroxyl groups is 1. The lowest BCUT2D eigenvalue weighted by molar-refractivity contribution is -0.384. The molecule has 4 heterocycles. The summed E-state index contributed by atoms with van der Waals surface area (Å²) in [5.41, 5.74) is 1.19. The summed E-state index contributed by atoms with van der Waals surface area (Å²) in [7, 11) is 5.27. The van der Waals surface area contributed by atoms with Gasteiger partial charge < -0.3 is 43.2 Å². The van der Waals surface area contributed by atoms with E-state index in [4.69, 9.17) is 33.2 Å². The summed E-state index contributed by atoms with van der Waals surface area (Å²) in [6, 6.07) is 34.6. The largest absolute Gasteiger partial charge is 0.493 e. The maximum Gasteiger partial charge on any atom is 0.421 e. The van der Waals surface area contributed by atoms with Crippen molar-refractivity contribution in [3.05, 3.63) is 194 Å². The normalized spacial score (nSPS) is 20.6. The number of non-ortho nitro benzene ring substituents is 1. The number of cyclic esters (lactones) is 1. The number of benzene rings is 6. The van der Waals surface area contributed by atoms with Crippen LogP contribution in [0.5, 0.6) is 17.2 Å². The molecule has 1 N–H and O–H groups in total. The van der Waals surface area contributed by atoms with E-state index < -0.39 is 95.4 Å². The van der Waals surface area contributed by atoms with Crippen LogP contribution >= 0.6 is 0 Å². The third-order valence-electron chi connectivity index (χ3n) is 15.5. The van der Waals surface area contributed by atoms with Crippen molar-refractivity contribution in [1.29, 1.82) is 0 Å². The number of morpholine rings is 1. The molecule has 3 amide bonds. The predicted octanol–water partition coefficient (Wildman–Crippen LogP) is 7.27. The quantitative estimate of drug-likeness (QED) is 0.0265. The van der Waals surface area contributed by atoms with Gasteiger partial charge in [0.25, 0.3) is 5.69 Å². The zero-order valence-electron chi connectivity index (χ0n) is 45.1. The second-order valence-electron chi connectivity index (χ2n) is 19.8. The lowest BCUT2D eigenvalue weighted by Gasteiger charge is -2.46. The number of nitrogens with zero attached hydrogens (tertiary/aromatic N) is 4. The Hall–Kier alpha value is -9.58. The van der Waals surface area contributed by atoms with Gasteiger partial charge in [0.15, 0.2) is 17.4 Å². The third kappa shape index (κ3) is 9.98. The van der Waals surface area contributed by atoms with Crippen LogP contribution in [0.15, 0.2) is 140 Å². The Bertz CT molecular complexity index is 3510. The first-order chi connectivity index (χ1) is 39.8. The van der Waals surface area contributed by atoms with Crippen molar-refractivity contribution in [2.24, 2.45) is 11.8 Å². The molecule has 2 saturated heterocycles. The highest BCUT2D eigenvalue weighted by molar-refractivity contribution is 6.23. The van der Waals surface area contributed by atoms with Crippen LogP contribution in [-0.4, -0.2) is 110 Å². The standard InChI is InChI=1S/C62H56N4O16/c1-76-49-33-41-28-29-63(35-42(41)34-50(49)77-2)56(68)51-53-59(71)82-54(40-17-9-6-10-18-40)52(39-15-7-5-8-16-39)65(53)55(44-19-11-12-21-48(44)80-31-30-67)62(51)46-32-37(14-13-20-45(57(69)78-3)58(70)79-4)24-27-47(46)64(60(62)72)61(73)81-36-38-22-25-43(26-23-38)66(74)75/h5-12,15-19,21-27,32-34,45,51-55,67H,20,28-31,35-36H2,1-4H3/t51-,52-,53-,54+,55+,62-/m1/s1. The lowest BCUT2D eigenvalue weighted by Crippen LogP contribution is -2.57. The molecule has 20 nitrogen and oxygen atoms in total. The van der Waals surface area contributed by atoms with E-state index in [1.165, 1.54) is 50.6 Å². The van der Waals surface area contributed by atoms with E-state index in [0.29, 0.717) is 45.7 Å². The number of aliphatic hydroxyl groups excluding tert-OH is 1. The Balaban J connectivity index is 1.25. The van der Waals surface area contributed by atoms with E-state index in [1.54, 1.807) is 41.3 Å². The summed E-state index contributed by atoms with van der Waals surface area (Å²) in [6.45, 7) is -0.960. The summed E-state index contributed by atoms with van der Waals surface area (Å²) in [4.78, 5) is 106. The van der Waals surface area contributed by atoms with Crippen LogP contribution in [0, 0.1) is 33.8 Å². The number of imide groups is 1. The molecule has 4 aliphatic heterocycles. The minimum absolute atomic E-state index is 0.00635. The van der Waals surface area contributed by atoms with Crippen molar-refractivity contribution in [3.8, 4) is 29.1 Å². The monoisotopic (exact) mass is 1110 g/mol. The van der Waals surface area contributed by atoms with Gasteiger partial charge >= 0.3 is 24.0 Å². The van der Waals surface area contributed by atoms with Crippen LogP contribution < -0.4 is 19.1 Å². The van der Waals surface area contributed by atoms with Crippen molar-refractivity contribution >= 4 is 47.2 Å². The Labute approximate surface area is 471 Å². The molecule has 0 aromatic heterocycles. The molecule has 1 spiro atoms. The highest BCUT2D eigenvalue weighted by Crippen LogP contribution is 2.67. The molecule has 0 bridgehead atoms. The summed E-state index contributed by atoms with van der Waals surface area (Å²) in [6.07, 6.45) is -2.27. The second kappa shape index (κ2) is 23.6. The molecule has 6 aromatic carbocycles. The maximum absolute atomic E-state index is 17.0. The first-order valence-corrected chi connectivity index (χ1v) is 26.3. The van der Waals surface area contributed by atoms with Crippen molar-refractivity contribution < 1.29 is 72.0 Å². The van der Waals surface area contributed by atoms with Crippen LogP contribution in [0.1, 0.15) is 69.1 Å². The van der Waals surface area contributed by atoms with Crippen molar-refractivity contribution in [2.45, 2.75) is 55.6 Å². The number of carbonyl (C=O) groups excluding carboxylic acids is 6. The van der Waals surface area contributed by atoms with Gasteiger partial charge in [0.1, 0.15) is 36.5 Å². The van der Waals surface area contributed by atoms with Crippen LogP contribution in [-0.2, 0) is 67.9 Å². The van der Waals surface area contributed by atoms with E-state index in [1.807, 2.05) is 71.6 Å². The van der Waals surface area contributed by atoms with E-state index in [-0.39, 0.29) is 54.4 Å². The summed E-state index contributed by atoms with van der Waals surface area (Å²) >= 11 is 0.